The van der Waals surface area contributed by atoms with Gasteiger partial charge in [0.15, 0.2) is 39.8 Å². The Hall–Kier alpha value is -5.36. The third-order valence-electron chi connectivity index (χ3n) is 6.92. The van der Waals surface area contributed by atoms with E-state index in [1.165, 1.54) is 39.2 Å². The maximum atomic E-state index is 13.8. The van der Waals surface area contributed by atoms with Crippen LogP contribution in [0.1, 0.15) is 13.8 Å². The Morgan fingerprint density at radius 3 is 1.58 bits per heavy atom. The van der Waals surface area contributed by atoms with Gasteiger partial charge in [0.1, 0.15) is 22.9 Å². The van der Waals surface area contributed by atoms with Crippen LogP contribution in [-0.4, -0.2) is 50.0 Å². The van der Waals surface area contributed by atoms with Crippen molar-refractivity contribution in [3.63, 3.8) is 0 Å². The Bertz CT molecular complexity index is 2500. The minimum Gasteiger partial charge on any atom is -0.448 e. The number of ether oxygens (including phenoxy) is 2. The lowest BCUT2D eigenvalue weighted by Gasteiger charge is -2.12. The van der Waals surface area contributed by atoms with Gasteiger partial charge in [-0.1, -0.05) is 11.8 Å². The van der Waals surface area contributed by atoms with Gasteiger partial charge in [-0.3, -0.25) is 18.7 Å². The van der Waals surface area contributed by atoms with Crippen LogP contribution in [0.25, 0.3) is 22.1 Å². The highest BCUT2D eigenvalue weighted by atomic mass is 32.2. The number of nitrogens with zero attached hydrogens (tertiary/aromatic N) is 6. The summed E-state index contributed by atoms with van der Waals surface area (Å²) >= 11 is 1.36. The average Bonchev–Trinajstić information content (AvgIpc) is 3.07. The first-order valence-corrected chi connectivity index (χ1v) is 17.7. The highest BCUT2D eigenvalue weighted by Gasteiger charge is 2.18. The van der Waals surface area contributed by atoms with Crippen LogP contribution in [0.4, 0.5) is 17.6 Å². The van der Waals surface area contributed by atoms with Crippen LogP contribution in [0.5, 0.6) is 23.0 Å². The molecule has 6 aromatic rings. The molecule has 4 heterocycles. The highest BCUT2D eigenvalue weighted by molar-refractivity contribution is 7.98. The summed E-state index contributed by atoms with van der Waals surface area (Å²) in [4.78, 5) is 41.4. The molecule has 0 unspecified atom stereocenters. The lowest BCUT2D eigenvalue weighted by molar-refractivity contribution is 0.429. The van der Waals surface area contributed by atoms with E-state index in [0.29, 0.717) is 40.3 Å². The number of thioether (sulfide) groups is 1. The molecular formula is C32H26F4N6O6S2. The van der Waals surface area contributed by atoms with Gasteiger partial charge in [0, 0.05) is 54.6 Å². The molecular weight excluding hydrogens is 705 g/mol. The fourth-order valence-corrected chi connectivity index (χ4v) is 5.43. The fourth-order valence-electron chi connectivity index (χ4n) is 4.60. The minimum absolute atomic E-state index is 0.0737. The molecule has 0 amide bonds. The SMILES string of the molecule is CCn1c(=O)c(Oc2ccc(F)cc2F)cc2cnc(S(C)(=O)=O)nc21.CCn1c(=O)c(Oc2ccc(F)cc2F)cc2cnc(SC)nc21. The Labute approximate surface area is 285 Å². The number of sulfone groups is 1. The van der Waals surface area contributed by atoms with Gasteiger partial charge in [-0.15, -0.1) is 0 Å². The number of rotatable bonds is 8. The number of hydrogen-bond donors (Lipinski definition) is 0. The maximum Gasteiger partial charge on any atom is 0.295 e. The van der Waals surface area contributed by atoms with Gasteiger partial charge in [0.05, 0.1) is 0 Å². The van der Waals surface area contributed by atoms with Crippen molar-refractivity contribution < 1.29 is 35.5 Å². The van der Waals surface area contributed by atoms with Crippen LogP contribution in [0.3, 0.4) is 0 Å². The van der Waals surface area contributed by atoms with Gasteiger partial charge in [0.25, 0.3) is 11.1 Å². The smallest absolute Gasteiger partial charge is 0.295 e. The van der Waals surface area contributed by atoms with Gasteiger partial charge < -0.3 is 9.47 Å². The third-order valence-corrected chi connectivity index (χ3v) is 8.34. The second kappa shape index (κ2) is 14.6. The molecule has 0 aliphatic carbocycles. The van der Waals surface area contributed by atoms with E-state index < -0.39 is 49.4 Å². The van der Waals surface area contributed by atoms with Crippen molar-refractivity contribution in [3.8, 4) is 23.0 Å². The van der Waals surface area contributed by atoms with Crippen LogP contribution in [-0.2, 0) is 22.9 Å². The lowest BCUT2D eigenvalue weighted by atomic mass is 10.3. The van der Waals surface area contributed by atoms with Crippen LogP contribution < -0.4 is 20.6 Å². The second-order valence-electron chi connectivity index (χ2n) is 10.3. The quantitative estimate of drug-likeness (QED) is 0.105. The molecule has 0 bridgehead atoms. The van der Waals surface area contributed by atoms with Crippen molar-refractivity contribution in [2.45, 2.75) is 37.2 Å². The molecule has 50 heavy (non-hydrogen) atoms. The van der Waals surface area contributed by atoms with Crippen molar-refractivity contribution in [3.05, 3.63) is 105 Å². The van der Waals surface area contributed by atoms with E-state index in [4.69, 9.17) is 9.47 Å². The average molecular weight is 731 g/mol. The maximum absolute atomic E-state index is 13.8. The van der Waals surface area contributed by atoms with Crippen molar-refractivity contribution in [2.24, 2.45) is 0 Å². The number of aryl methyl sites for hydroxylation is 2. The summed E-state index contributed by atoms with van der Waals surface area (Å²) in [7, 11) is -3.65. The standard InChI is InChI=1S/C16H13F2N3O4S.C16H13F2N3O2S/c1-3-21-14-9(8-19-16(20-14)26(2,23)24)6-13(15(21)22)25-12-5-4-10(17)7-11(12)18;1-3-21-14-9(8-19-16(20-14)24-2)6-13(15(21)22)23-12-5-4-10(17)7-11(12)18/h4-8H,3H2,1-2H3;4-8H,3H2,1-2H3. The van der Waals surface area contributed by atoms with E-state index in [-0.39, 0.29) is 35.2 Å². The predicted molar refractivity (Wildman–Crippen MR) is 177 cm³/mol. The number of aromatic nitrogens is 6. The summed E-state index contributed by atoms with van der Waals surface area (Å²) in [6.45, 7) is 3.98. The van der Waals surface area contributed by atoms with Crippen molar-refractivity contribution in [2.75, 3.05) is 12.5 Å². The van der Waals surface area contributed by atoms with E-state index >= 15 is 0 Å². The molecule has 2 aromatic carbocycles. The van der Waals surface area contributed by atoms with Crippen LogP contribution in [0, 0.1) is 23.3 Å². The molecule has 4 aromatic heterocycles. The topological polar surface area (TPSA) is 148 Å². The van der Waals surface area contributed by atoms with Crippen molar-refractivity contribution in [1.82, 2.24) is 29.1 Å². The predicted octanol–water partition coefficient (Wildman–Crippen LogP) is 5.89. The number of benzene rings is 2. The summed E-state index contributed by atoms with van der Waals surface area (Å²) in [6.07, 6.45) is 5.60. The van der Waals surface area contributed by atoms with E-state index in [0.717, 1.165) is 30.5 Å². The number of pyridine rings is 2. The Morgan fingerprint density at radius 1 is 0.700 bits per heavy atom. The van der Waals surface area contributed by atoms with E-state index in [9.17, 15) is 35.6 Å². The Balaban J connectivity index is 0.000000195. The van der Waals surface area contributed by atoms with Crippen molar-refractivity contribution >= 4 is 43.7 Å². The normalized spacial score (nSPS) is 11.4. The summed E-state index contributed by atoms with van der Waals surface area (Å²) < 4.78 is 90.0. The monoisotopic (exact) mass is 730 g/mol. The molecule has 18 heteroatoms. The molecule has 0 saturated carbocycles. The molecule has 260 valence electrons. The van der Waals surface area contributed by atoms with E-state index in [1.54, 1.807) is 20.0 Å². The molecule has 0 aliphatic rings. The first kappa shape index (κ1) is 35.9. The van der Waals surface area contributed by atoms with Gasteiger partial charge in [0.2, 0.25) is 15.0 Å². The van der Waals surface area contributed by atoms with Crippen LogP contribution in [0.2, 0.25) is 0 Å². The first-order chi connectivity index (χ1) is 23.7. The molecule has 0 radical (unpaired) electrons. The third kappa shape index (κ3) is 7.60. The molecule has 0 aliphatic heterocycles. The van der Waals surface area contributed by atoms with Gasteiger partial charge in [-0.25, -0.2) is 40.9 Å². The zero-order valence-electron chi connectivity index (χ0n) is 26.6. The summed E-state index contributed by atoms with van der Waals surface area (Å²) in [5.74, 6) is -4.18. The number of halogens is 4. The molecule has 0 N–H and O–H groups in total. The van der Waals surface area contributed by atoms with Crippen LogP contribution in [0.15, 0.2) is 80.8 Å². The van der Waals surface area contributed by atoms with Gasteiger partial charge in [-0.2, -0.15) is 4.98 Å². The Kier molecular flexibility index (Phi) is 10.5. The van der Waals surface area contributed by atoms with E-state index in [2.05, 4.69) is 19.9 Å². The van der Waals surface area contributed by atoms with E-state index in [1.807, 2.05) is 6.26 Å². The second-order valence-corrected chi connectivity index (χ2v) is 13.0. The van der Waals surface area contributed by atoms with Gasteiger partial charge in [-0.05, 0) is 56.5 Å². The van der Waals surface area contributed by atoms with Gasteiger partial charge >= 0.3 is 0 Å². The molecule has 0 atom stereocenters. The molecule has 0 saturated heterocycles. The fraction of sp³-hybridized carbons (Fsp3) is 0.188. The molecule has 12 nitrogen and oxygen atoms in total. The zero-order valence-corrected chi connectivity index (χ0v) is 28.3. The lowest BCUT2D eigenvalue weighted by Crippen LogP contribution is -2.22. The number of hydrogen-bond acceptors (Lipinski definition) is 11. The number of fused-ring (bicyclic) bond motifs is 2. The summed E-state index contributed by atoms with van der Waals surface area (Å²) in [6, 6.07) is 8.32. The van der Waals surface area contributed by atoms with Crippen molar-refractivity contribution in [1.29, 1.82) is 0 Å². The summed E-state index contributed by atoms with van der Waals surface area (Å²) in [5.41, 5.74) is -0.491. The molecule has 0 spiro atoms. The Morgan fingerprint density at radius 2 is 1.16 bits per heavy atom. The molecule has 6 rings (SSSR count). The zero-order chi connectivity index (χ0) is 36.3. The van der Waals surface area contributed by atoms with Crippen LogP contribution >= 0.6 is 11.8 Å². The molecule has 0 fully saturated rings. The minimum atomic E-state index is -3.65. The highest BCUT2D eigenvalue weighted by Crippen LogP contribution is 2.27. The first-order valence-electron chi connectivity index (χ1n) is 14.5. The summed E-state index contributed by atoms with van der Waals surface area (Å²) in [5, 5.41) is 1.05. The largest absolute Gasteiger partial charge is 0.448 e.